The molecule has 0 aliphatic rings. The van der Waals surface area contributed by atoms with Crippen molar-refractivity contribution in [2.45, 2.75) is 27.7 Å². The van der Waals surface area contributed by atoms with Gasteiger partial charge in [-0.2, -0.15) is 0 Å². The predicted molar refractivity (Wildman–Crippen MR) is 114 cm³/mol. The van der Waals surface area contributed by atoms with Gasteiger partial charge in [0.2, 0.25) is 0 Å². The molecule has 0 bridgehead atoms. The first-order chi connectivity index (χ1) is 13.3. The minimum Gasteiger partial charge on any atom is -0.322 e. The normalized spacial score (nSPS) is 10.4. The lowest BCUT2D eigenvalue weighted by Crippen LogP contribution is -2.16. The maximum Gasteiger partial charge on any atom is 0.255 e. The summed E-state index contributed by atoms with van der Waals surface area (Å²) < 4.78 is 0. The van der Waals surface area contributed by atoms with Crippen molar-refractivity contribution >= 4 is 23.2 Å². The smallest absolute Gasteiger partial charge is 0.255 e. The van der Waals surface area contributed by atoms with Crippen LogP contribution in [-0.2, 0) is 0 Å². The number of nitrogens with one attached hydrogen (secondary N) is 2. The summed E-state index contributed by atoms with van der Waals surface area (Å²) in [4.78, 5) is 25.3. The van der Waals surface area contributed by atoms with Crippen LogP contribution in [0.15, 0.2) is 60.7 Å². The maximum absolute atomic E-state index is 12.6. The van der Waals surface area contributed by atoms with Gasteiger partial charge < -0.3 is 10.6 Å². The number of benzene rings is 3. The van der Waals surface area contributed by atoms with Crippen LogP contribution in [0.4, 0.5) is 11.4 Å². The number of carbonyl (C=O) groups is 2. The molecule has 28 heavy (non-hydrogen) atoms. The molecule has 0 spiro atoms. The number of aryl methyl sites for hydroxylation is 4. The number of anilines is 2. The number of carbonyl (C=O) groups excluding carboxylic acids is 2. The highest BCUT2D eigenvalue weighted by molar-refractivity contribution is 6.09. The molecular formula is C24H24N2O2. The molecule has 4 heteroatoms. The van der Waals surface area contributed by atoms with Crippen LogP contribution in [0, 0.1) is 27.7 Å². The third-order valence-electron chi connectivity index (χ3n) is 4.65. The van der Waals surface area contributed by atoms with Gasteiger partial charge in [0, 0.05) is 22.5 Å². The van der Waals surface area contributed by atoms with E-state index in [0.717, 1.165) is 33.6 Å². The molecular weight excluding hydrogens is 348 g/mol. The summed E-state index contributed by atoms with van der Waals surface area (Å²) in [6, 6.07) is 18.4. The summed E-state index contributed by atoms with van der Waals surface area (Å²) in [5.41, 5.74) is 6.68. The molecule has 0 aliphatic heterocycles. The van der Waals surface area contributed by atoms with Crippen LogP contribution in [0.3, 0.4) is 0 Å². The highest BCUT2D eigenvalue weighted by Gasteiger charge is 2.13. The molecule has 3 aromatic carbocycles. The van der Waals surface area contributed by atoms with Crippen LogP contribution in [0.5, 0.6) is 0 Å². The zero-order valence-electron chi connectivity index (χ0n) is 16.6. The molecule has 0 unspecified atom stereocenters. The largest absolute Gasteiger partial charge is 0.322 e. The van der Waals surface area contributed by atoms with Gasteiger partial charge in [-0.15, -0.1) is 0 Å². The van der Waals surface area contributed by atoms with Crippen molar-refractivity contribution in [3.8, 4) is 0 Å². The van der Waals surface area contributed by atoms with Crippen molar-refractivity contribution in [2.24, 2.45) is 0 Å². The fourth-order valence-corrected chi connectivity index (χ4v) is 3.10. The van der Waals surface area contributed by atoms with Gasteiger partial charge in [-0.1, -0.05) is 41.5 Å². The van der Waals surface area contributed by atoms with Gasteiger partial charge in [0.25, 0.3) is 11.8 Å². The highest BCUT2D eigenvalue weighted by atomic mass is 16.2. The SMILES string of the molecule is Cc1ccc(NC(=O)c2cccc(C(=O)Nc3ccc(C)cc3C)c2)c(C)c1. The van der Waals surface area contributed by atoms with E-state index in [0.29, 0.717) is 11.1 Å². The van der Waals surface area contributed by atoms with Gasteiger partial charge in [0.05, 0.1) is 0 Å². The molecule has 0 aromatic heterocycles. The Morgan fingerprint density at radius 3 is 1.43 bits per heavy atom. The Balaban J connectivity index is 1.77. The van der Waals surface area contributed by atoms with Crippen molar-refractivity contribution in [3.05, 3.63) is 94.0 Å². The Labute approximate surface area is 165 Å². The van der Waals surface area contributed by atoms with Gasteiger partial charge in [-0.05, 0) is 69.2 Å². The molecule has 0 atom stereocenters. The van der Waals surface area contributed by atoms with E-state index in [4.69, 9.17) is 0 Å². The van der Waals surface area contributed by atoms with Gasteiger partial charge in [0.1, 0.15) is 0 Å². The summed E-state index contributed by atoms with van der Waals surface area (Å²) in [6.45, 7) is 7.93. The van der Waals surface area contributed by atoms with Crippen molar-refractivity contribution in [1.82, 2.24) is 0 Å². The van der Waals surface area contributed by atoms with Crippen molar-refractivity contribution in [2.75, 3.05) is 10.6 Å². The Morgan fingerprint density at radius 2 is 1.04 bits per heavy atom. The first-order valence-electron chi connectivity index (χ1n) is 9.21. The second kappa shape index (κ2) is 8.09. The maximum atomic E-state index is 12.6. The minimum absolute atomic E-state index is 0.242. The summed E-state index contributed by atoms with van der Waals surface area (Å²) >= 11 is 0. The standard InChI is InChI=1S/C24H24N2O2/c1-15-8-10-21(17(3)12-15)25-23(27)19-6-5-7-20(14-19)24(28)26-22-11-9-16(2)13-18(22)4/h5-14H,1-4H3,(H,25,27)(H,26,28). The monoisotopic (exact) mass is 372 g/mol. The van der Waals surface area contributed by atoms with Gasteiger partial charge in [0.15, 0.2) is 0 Å². The average molecular weight is 372 g/mol. The molecule has 0 saturated carbocycles. The number of rotatable bonds is 4. The molecule has 0 saturated heterocycles. The minimum atomic E-state index is -0.242. The van der Waals surface area contributed by atoms with E-state index in [1.54, 1.807) is 24.3 Å². The van der Waals surface area contributed by atoms with Crippen LogP contribution >= 0.6 is 0 Å². The van der Waals surface area contributed by atoms with E-state index in [1.165, 1.54) is 0 Å². The summed E-state index contributed by atoms with van der Waals surface area (Å²) in [5, 5.41) is 5.83. The van der Waals surface area contributed by atoms with Crippen LogP contribution in [0.2, 0.25) is 0 Å². The fraction of sp³-hybridized carbons (Fsp3) is 0.167. The Morgan fingerprint density at radius 1 is 0.607 bits per heavy atom. The first kappa shape index (κ1) is 19.4. The molecule has 0 radical (unpaired) electrons. The van der Waals surface area contributed by atoms with E-state index in [9.17, 15) is 9.59 Å². The summed E-state index contributed by atoms with van der Waals surface area (Å²) in [5.74, 6) is -0.485. The van der Waals surface area contributed by atoms with E-state index in [-0.39, 0.29) is 11.8 Å². The first-order valence-corrected chi connectivity index (χ1v) is 9.21. The number of hydrogen-bond donors (Lipinski definition) is 2. The topological polar surface area (TPSA) is 58.2 Å². The van der Waals surface area contributed by atoms with E-state index in [2.05, 4.69) is 10.6 Å². The van der Waals surface area contributed by atoms with Crippen molar-refractivity contribution < 1.29 is 9.59 Å². The molecule has 0 fully saturated rings. The lowest BCUT2D eigenvalue weighted by molar-refractivity contribution is 0.102. The van der Waals surface area contributed by atoms with Gasteiger partial charge in [-0.3, -0.25) is 9.59 Å². The van der Waals surface area contributed by atoms with Crippen molar-refractivity contribution in [1.29, 1.82) is 0 Å². The number of hydrogen-bond acceptors (Lipinski definition) is 2. The average Bonchev–Trinajstić information content (AvgIpc) is 2.66. The zero-order chi connectivity index (χ0) is 20.3. The van der Waals surface area contributed by atoms with E-state index in [1.807, 2.05) is 64.1 Å². The van der Waals surface area contributed by atoms with Crippen molar-refractivity contribution in [3.63, 3.8) is 0 Å². The third kappa shape index (κ3) is 4.46. The lowest BCUT2D eigenvalue weighted by Gasteiger charge is -2.11. The zero-order valence-corrected chi connectivity index (χ0v) is 16.6. The summed E-state index contributed by atoms with van der Waals surface area (Å²) in [7, 11) is 0. The highest BCUT2D eigenvalue weighted by Crippen LogP contribution is 2.19. The van der Waals surface area contributed by atoms with E-state index < -0.39 is 0 Å². The Kier molecular flexibility index (Phi) is 5.59. The second-order valence-electron chi connectivity index (χ2n) is 7.13. The fourth-order valence-electron chi connectivity index (χ4n) is 3.10. The molecule has 3 aromatic rings. The molecule has 0 heterocycles. The second-order valence-corrected chi connectivity index (χ2v) is 7.13. The quantitative estimate of drug-likeness (QED) is 0.642. The Hall–Kier alpha value is -3.40. The molecule has 2 N–H and O–H groups in total. The summed E-state index contributed by atoms with van der Waals surface area (Å²) in [6.07, 6.45) is 0. The van der Waals surface area contributed by atoms with Gasteiger partial charge in [-0.25, -0.2) is 0 Å². The van der Waals surface area contributed by atoms with Crippen LogP contribution in [0.1, 0.15) is 43.0 Å². The van der Waals surface area contributed by atoms with E-state index >= 15 is 0 Å². The molecule has 3 rings (SSSR count). The van der Waals surface area contributed by atoms with Crippen LogP contribution in [0.25, 0.3) is 0 Å². The third-order valence-corrected chi connectivity index (χ3v) is 4.65. The van der Waals surface area contributed by atoms with Crippen LogP contribution in [-0.4, -0.2) is 11.8 Å². The molecule has 0 aliphatic carbocycles. The molecule has 2 amide bonds. The number of amides is 2. The predicted octanol–water partition coefficient (Wildman–Crippen LogP) is 5.42. The Bertz CT molecular complexity index is 973. The molecule has 142 valence electrons. The van der Waals surface area contributed by atoms with Crippen LogP contribution < -0.4 is 10.6 Å². The molecule has 4 nitrogen and oxygen atoms in total. The van der Waals surface area contributed by atoms with Gasteiger partial charge >= 0.3 is 0 Å². The lowest BCUT2D eigenvalue weighted by atomic mass is 10.1.